The quantitative estimate of drug-likeness (QED) is 0.570. The lowest BCUT2D eigenvalue weighted by Crippen LogP contribution is -1.99. The van der Waals surface area contributed by atoms with Gasteiger partial charge in [0.25, 0.3) is 0 Å². The number of hydrogen-bond acceptors (Lipinski definition) is 1. The zero-order chi connectivity index (χ0) is 14.3. The van der Waals surface area contributed by atoms with Crippen LogP contribution in [0.4, 0.5) is 4.39 Å². The van der Waals surface area contributed by atoms with Gasteiger partial charge in [-0.1, -0.05) is 49.5 Å². The highest BCUT2D eigenvalue weighted by Crippen LogP contribution is 2.43. The van der Waals surface area contributed by atoms with Crippen LogP contribution in [0.15, 0.2) is 34.8 Å². The van der Waals surface area contributed by atoms with Crippen LogP contribution in [-0.2, 0) is 6.42 Å². The van der Waals surface area contributed by atoms with Gasteiger partial charge < -0.3 is 4.74 Å². The van der Waals surface area contributed by atoms with Gasteiger partial charge in [-0.3, -0.25) is 0 Å². The lowest BCUT2D eigenvalue weighted by Gasteiger charge is -2.16. The first kappa shape index (κ1) is 14.4. The highest BCUT2D eigenvalue weighted by atomic mass is 79.9. The minimum absolute atomic E-state index is 0.274. The molecule has 5 heteroatoms. The van der Waals surface area contributed by atoms with Gasteiger partial charge in [-0.2, -0.15) is 0 Å². The normalized spacial score (nSPS) is 14.8. The summed E-state index contributed by atoms with van der Waals surface area (Å²) in [5.74, 6) is 0.524. The summed E-state index contributed by atoms with van der Waals surface area (Å²) in [7, 11) is 0. The summed E-state index contributed by atoms with van der Waals surface area (Å²) in [6, 6.07) is 8.71. The Morgan fingerprint density at radius 1 is 1.20 bits per heavy atom. The van der Waals surface area contributed by atoms with E-state index in [9.17, 15) is 4.39 Å². The molecule has 0 N–H and O–H groups in total. The van der Waals surface area contributed by atoms with Crippen LogP contribution in [0.25, 0.3) is 0 Å². The Morgan fingerprint density at radius 3 is 2.75 bits per heavy atom. The SMILES string of the molecule is Fc1cc(Cl)ccc1C(Br)c1cc(Br)cc2c1OCC2. The van der Waals surface area contributed by atoms with Gasteiger partial charge in [0.2, 0.25) is 0 Å². The Balaban J connectivity index is 2.09. The molecule has 2 aromatic rings. The number of fused-ring (bicyclic) bond motifs is 1. The van der Waals surface area contributed by atoms with E-state index in [4.69, 9.17) is 16.3 Å². The summed E-state index contributed by atoms with van der Waals surface area (Å²) < 4.78 is 20.7. The molecular formula is C15H10Br2ClFO. The van der Waals surface area contributed by atoms with Crippen molar-refractivity contribution in [2.45, 2.75) is 11.2 Å². The van der Waals surface area contributed by atoms with E-state index in [1.807, 2.05) is 12.1 Å². The largest absolute Gasteiger partial charge is 0.493 e. The monoisotopic (exact) mass is 418 g/mol. The topological polar surface area (TPSA) is 9.23 Å². The van der Waals surface area contributed by atoms with Crippen molar-refractivity contribution in [2.24, 2.45) is 0 Å². The van der Waals surface area contributed by atoms with Crippen LogP contribution in [-0.4, -0.2) is 6.61 Å². The van der Waals surface area contributed by atoms with Gasteiger partial charge in [0, 0.05) is 27.0 Å². The average molecular weight is 421 g/mol. The van der Waals surface area contributed by atoms with Crippen LogP contribution in [0.3, 0.4) is 0 Å². The fourth-order valence-corrected chi connectivity index (χ4v) is 3.75. The minimum Gasteiger partial charge on any atom is -0.493 e. The van der Waals surface area contributed by atoms with Crippen LogP contribution in [0.5, 0.6) is 5.75 Å². The molecule has 1 aliphatic heterocycles. The fraction of sp³-hybridized carbons (Fsp3) is 0.200. The molecule has 0 saturated heterocycles. The third-order valence-corrected chi connectivity index (χ3v) is 4.97. The molecule has 1 atom stereocenters. The molecule has 0 bridgehead atoms. The molecule has 0 fully saturated rings. The third-order valence-electron chi connectivity index (χ3n) is 3.29. The van der Waals surface area contributed by atoms with Crippen LogP contribution in [0, 0.1) is 5.82 Å². The van der Waals surface area contributed by atoms with Gasteiger partial charge in [-0.15, -0.1) is 0 Å². The molecule has 104 valence electrons. The number of hydrogen-bond donors (Lipinski definition) is 0. The molecular weight excluding hydrogens is 410 g/mol. The van der Waals surface area contributed by atoms with Crippen molar-refractivity contribution >= 4 is 43.5 Å². The lowest BCUT2D eigenvalue weighted by molar-refractivity contribution is 0.354. The van der Waals surface area contributed by atoms with Crippen LogP contribution >= 0.6 is 43.5 Å². The van der Waals surface area contributed by atoms with E-state index < -0.39 is 0 Å². The molecule has 0 saturated carbocycles. The van der Waals surface area contributed by atoms with E-state index >= 15 is 0 Å². The van der Waals surface area contributed by atoms with Crippen molar-refractivity contribution in [2.75, 3.05) is 6.61 Å². The molecule has 1 aliphatic rings. The number of halogens is 4. The second kappa shape index (κ2) is 5.66. The van der Waals surface area contributed by atoms with Crippen molar-refractivity contribution in [3.8, 4) is 5.75 Å². The smallest absolute Gasteiger partial charge is 0.129 e. The Bertz CT molecular complexity index is 675. The maximum absolute atomic E-state index is 14.1. The first-order chi connectivity index (χ1) is 9.56. The fourth-order valence-electron chi connectivity index (χ4n) is 2.36. The van der Waals surface area contributed by atoms with Crippen LogP contribution in [0.1, 0.15) is 21.5 Å². The zero-order valence-corrected chi connectivity index (χ0v) is 14.2. The Labute approximate surface area is 138 Å². The number of benzene rings is 2. The second-order valence-electron chi connectivity index (χ2n) is 4.61. The molecule has 0 amide bonds. The Morgan fingerprint density at radius 2 is 2.00 bits per heavy atom. The van der Waals surface area contributed by atoms with E-state index in [2.05, 4.69) is 31.9 Å². The van der Waals surface area contributed by atoms with Crippen LogP contribution < -0.4 is 4.74 Å². The first-order valence-corrected chi connectivity index (χ1v) is 8.19. The van der Waals surface area contributed by atoms with Gasteiger partial charge in [0.1, 0.15) is 11.6 Å². The van der Waals surface area contributed by atoms with E-state index in [1.54, 1.807) is 12.1 Å². The van der Waals surface area contributed by atoms with Crippen LogP contribution in [0.2, 0.25) is 5.02 Å². The molecule has 2 aromatic carbocycles. The molecule has 1 heterocycles. The molecule has 1 unspecified atom stereocenters. The standard InChI is InChI=1S/C15H10Br2ClFO/c16-9-5-8-3-4-20-15(8)12(6-9)14(17)11-2-1-10(18)7-13(11)19/h1-2,5-7,14H,3-4H2. The van der Waals surface area contributed by atoms with Crippen molar-refractivity contribution < 1.29 is 9.13 Å². The summed E-state index contributed by atoms with van der Waals surface area (Å²) in [6.45, 7) is 0.668. The second-order valence-corrected chi connectivity index (χ2v) is 6.88. The molecule has 0 radical (unpaired) electrons. The predicted octanol–water partition coefficient (Wildman–Crippen LogP) is 5.66. The van der Waals surface area contributed by atoms with Gasteiger partial charge in [-0.25, -0.2) is 4.39 Å². The molecule has 1 nitrogen and oxygen atoms in total. The summed E-state index contributed by atoms with van der Waals surface area (Å²) in [4.78, 5) is -0.274. The average Bonchev–Trinajstić information content (AvgIpc) is 2.85. The third kappa shape index (κ3) is 2.61. The molecule has 0 aromatic heterocycles. The van der Waals surface area contributed by atoms with Crippen molar-refractivity contribution in [1.29, 1.82) is 0 Å². The van der Waals surface area contributed by atoms with Gasteiger partial charge in [0.05, 0.1) is 11.4 Å². The molecule has 3 rings (SSSR count). The summed E-state index contributed by atoms with van der Waals surface area (Å²) in [6.07, 6.45) is 0.880. The zero-order valence-electron chi connectivity index (χ0n) is 10.3. The molecule has 20 heavy (non-hydrogen) atoms. The molecule has 0 spiro atoms. The number of rotatable bonds is 2. The highest BCUT2D eigenvalue weighted by molar-refractivity contribution is 9.10. The Kier molecular flexibility index (Phi) is 4.07. The first-order valence-electron chi connectivity index (χ1n) is 6.10. The summed E-state index contributed by atoms with van der Waals surface area (Å²) >= 11 is 12.9. The van der Waals surface area contributed by atoms with Crippen molar-refractivity contribution in [3.05, 3.63) is 62.3 Å². The summed E-state index contributed by atoms with van der Waals surface area (Å²) in [5.41, 5.74) is 2.62. The van der Waals surface area contributed by atoms with Gasteiger partial charge >= 0.3 is 0 Å². The van der Waals surface area contributed by atoms with Crippen molar-refractivity contribution in [1.82, 2.24) is 0 Å². The maximum Gasteiger partial charge on any atom is 0.129 e. The van der Waals surface area contributed by atoms with E-state index in [0.29, 0.717) is 17.2 Å². The van der Waals surface area contributed by atoms with Crippen molar-refractivity contribution in [3.63, 3.8) is 0 Å². The predicted molar refractivity (Wildman–Crippen MR) is 85.5 cm³/mol. The van der Waals surface area contributed by atoms with Gasteiger partial charge in [0.15, 0.2) is 0 Å². The molecule has 0 aliphatic carbocycles. The van der Waals surface area contributed by atoms with E-state index in [0.717, 1.165) is 27.8 Å². The van der Waals surface area contributed by atoms with E-state index in [1.165, 1.54) is 6.07 Å². The van der Waals surface area contributed by atoms with Gasteiger partial charge in [-0.05, 0) is 29.8 Å². The summed E-state index contributed by atoms with van der Waals surface area (Å²) in [5, 5.41) is 0.390. The minimum atomic E-state index is -0.328. The lowest BCUT2D eigenvalue weighted by atomic mass is 10.0. The number of alkyl halides is 1. The maximum atomic E-state index is 14.1. The number of ether oxygens (including phenoxy) is 1. The van der Waals surface area contributed by atoms with E-state index in [-0.39, 0.29) is 10.6 Å². The highest BCUT2D eigenvalue weighted by Gasteiger charge is 2.24. The Hall–Kier alpha value is -0.580.